The Morgan fingerprint density at radius 3 is 2.80 bits per heavy atom. The lowest BCUT2D eigenvalue weighted by Crippen LogP contribution is -2.12. The van der Waals surface area contributed by atoms with Crippen molar-refractivity contribution in [3.8, 4) is 11.5 Å². The minimum absolute atomic E-state index is 0.123. The molecule has 0 spiro atoms. The molecule has 1 unspecified atom stereocenters. The Labute approximate surface area is 127 Å². The van der Waals surface area contributed by atoms with Gasteiger partial charge in [0.1, 0.15) is 17.6 Å². The van der Waals surface area contributed by atoms with Gasteiger partial charge in [0.15, 0.2) is 0 Å². The number of hydrogen-bond acceptors (Lipinski definition) is 4. The van der Waals surface area contributed by atoms with Crippen LogP contribution in [0.4, 0.5) is 0 Å². The fourth-order valence-corrected chi connectivity index (χ4v) is 2.06. The minimum atomic E-state index is -0.272. The predicted octanol–water partition coefficient (Wildman–Crippen LogP) is 3.48. The Bertz CT molecular complexity index is 471. The standard InChI is InChI=1S/C15H19BrO4/c1-4-19-15(17)9-12-5-6-13(18-3)10-14(12)20-11(2)7-8-16/h5-8,10-11H,4,9H2,1-3H3/b8-7+. The molecule has 0 aliphatic heterocycles. The molecule has 5 heteroatoms. The first kappa shape index (κ1) is 16.6. The van der Waals surface area contributed by atoms with E-state index in [0.29, 0.717) is 18.1 Å². The van der Waals surface area contributed by atoms with Crippen LogP contribution in [0.1, 0.15) is 19.4 Å². The molecule has 1 rings (SSSR count). The fraction of sp³-hybridized carbons (Fsp3) is 0.400. The molecule has 0 N–H and O–H groups in total. The largest absolute Gasteiger partial charge is 0.497 e. The zero-order chi connectivity index (χ0) is 15.0. The van der Waals surface area contributed by atoms with Gasteiger partial charge in [0.05, 0.1) is 20.1 Å². The summed E-state index contributed by atoms with van der Waals surface area (Å²) in [5, 5.41) is 0. The third kappa shape index (κ3) is 5.25. The molecule has 0 fully saturated rings. The maximum Gasteiger partial charge on any atom is 0.310 e. The quantitative estimate of drug-likeness (QED) is 0.711. The van der Waals surface area contributed by atoms with E-state index in [1.165, 1.54) is 0 Å². The van der Waals surface area contributed by atoms with Gasteiger partial charge in [0, 0.05) is 11.6 Å². The van der Waals surface area contributed by atoms with Crippen molar-refractivity contribution < 1.29 is 19.0 Å². The van der Waals surface area contributed by atoms with Gasteiger partial charge in [-0.05, 0) is 31.0 Å². The molecule has 4 nitrogen and oxygen atoms in total. The smallest absolute Gasteiger partial charge is 0.310 e. The van der Waals surface area contributed by atoms with Crippen molar-refractivity contribution in [1.29, 1.82) is 0 Å². The highest BCUT2D eigenvalue weighted by atomic mass is 79.9. The lowest BCUT2D eigenvalue weighted by atomic mass is 10.1. The maximum absolute atomic E-state index is 11.6. The number of halogens is 1. The van der Waals surface area contributed by atoms with Crippen LogP contribution in [0.2, 0.25) is 0 Å². The van der Waals surface area contributed by atoms with E-state index in [1.807, 2.05) is 19.1 Å². The van der Waals surface area contributed by atoms with Crippen LogP contribution in [-0.2, 0) is 16.0 Å². The highest BCUT2D eigenvalue weighted by Crippen LogP contribution is 2.26. The van der Waals surface area contributed by atoms with Gasteiger partial charge >= 0.3 is 5.97 Å². The summed E-state index contributed by atoms with van der Waals surface area (Å²) in [6.45, 7) is 4.06. The van der Waals surface area contributed by atoms with Crippen LogP contribution in [0.25, 0.3) is 0 Å². The minimum Gasteiger partial charge on any atom is -0.497 e. The van der Waals surface area contributed by atoms with E-state index in [2.05, 4.69) is 15.9 Å². The summed E-state index contributed by atoms with van der Waals surface area (Å²) in [4.78, 5) is 13.3. The Morgan fingerprint density at radius 2 is 2.20 bits per heavy atom. The van der Waals surface area contributed by atoms with Crippen LogP contribution in [0.15, 0.2) is 29.3 Å². The molecule has 0 bridgehead atoms. The van der Waals surface area contributed by atoms with E-state index >= 15 is 0 Å². The second-order valence-corrected chi connectivity index (χ2v) is 4.63. The van der Waals surface area contributed by atoms with Gasteiger partial charge in [-0.3, -0.25) is 4.79 Å². The summed E-state index contributed by atoms with van der Waals surface area (Å²) in [5.74, 6) is 1.03. The summed E-state index contributed by atoms with van der Waals surface area (Å²) in [6, 6.07) is 5.38. The summed E-state index contributed by atoms with van der Waals surface area (Å²) in [5.41, 5.74) is 0.777. The van der Waals surface area contributed by atoms with Crippen molar-refractivity contribution in [2.45, 2.75) is 26.4 Å². The third-order valence-corrected chi connectivity index (χ3v) is 2.88. The summed E-state index contributed by atoms with van der Waals surface area (Å²) >= 11 is 3.21. The van der Waals surface area contributed by atoms with Gasteiger partial charge < -0.3 is 14.2 Å². The zero-order valence-electron chi connectivity index (χ0n) is 11.9. The first-order chi connectivity index (χ1) is 9.60. The SMILES string of the molecule is CCOC(=O)Cc1ccc(OC)cc1OC(C)/C=C/Br. The van der Waals surface area contributed by atoms with Crippen molar-refractivity contribution >= 4 is 21.9 Å². The molecule has 0 aromatic heterocycles. The van der Waals surface area contributed by atoms with Gasteiger partial charge in [0.2, 0.25) is 0 Å². The van der Waals surface area contributed by atoms with Crippen molar-refractivity contribution in [3.05, 3.63) is 34.8 Å². The van der Waals surface area contributed by atoms with Gasteiger partial charge in [-0.15, -0.1) is 0 Å². The molecule has 1 aromatic rings. The van der Waals surface area contributed by atoms with Crippen LogP contribution < -0.4 is 9.47 Å². The lowest BCUT2D eigenvalue weighted by Gasteiger charge is -2.15. The monoisotopic (exact) mass is 342 g/mol. The van der Waals surface area contributed by atoms with E-state index in [0.717, 1.165) is 5.56 Å². The van der Waals surface area contributed by atoms with E-state index < -0.39 is 0 Å². The summed E-state index contributed by atoms with van der Waals surface area (Å²) in [7, 11) is 1.59. The van der Waals surface area contributed by atoms with Gasteiger partial charge in [0.25, 0.3) is 0 Å². The molecule has 0 aliphatic rings. The van der Waals surface area contributed by atoms with E-state index in [1.54, 1.807) is 31.2 Å². The number of rotatable bonds is 7. The Morgan fingerprint density at radius 1 is 1.45 bits per heavy atom. The second kappa shape index (κ2) is 8.64. The Kier molecular flexibility index (Phi) is 7.15. The van der Waals surface area contributed by atoms with E-state index in [4.69, 9.17) is 14.2 Å². The molecule has 0 radical (unpaired) electrons. The van der Waals surface area contributed by atoms with Crippen LogP contribution in [0, 0.1) is 0 Å². The maximum atomic E-state index is 11.6. The highest BCUT2D eigenvalue weighted by Gasteiger charge is 2.12. The van der Waals surface area contributed by atoms with Gasteiger partial charge in [-0.2, -0.15) is 0 Å². The van der Waals surface area contributed by atoms with Crippen LogP contribution >= 0.6 is 15.9 Å². The average Bonchev–Trinajstić information content (AvgIpc) is 2.41. The van der Waals surface area contributed by atoms with Crippen LogP contribution in [0.3, 0.4) is 0 Å². The number of methoxy groups -OCH3 is 1. The number of carbonyl (C=O) groups is 1. The molecule has 1 aromatic carbocycles. The number of esters is 1. The normalized spacial score (nSPS) is 12.2. The van der Waals surface area contributed by atoms with Crippen molar-refractivity contribution in [1.82, 2.24) is 0 Å². The first-order valence-corrected chi connectivity index (χ1v) is 7.28. The predicted molar refractivity (Wildman–Crippen MR) is 81.5 cm³/mol. The summed E-state index contributed by atoms with van der Waals surface area (Å²) < 4.78 is 15.9. The van der Waals surface area contributed by atoms with Crippen molar-refractivity contribution in [3.63, 3.8) is 0 Å². The lowest BCUT2D eigenvalue weighted by molar-refractivity contribution is -0.142. The number of benzene rings is 1. The number of hydrogen-bond donors (Lipinski definition) is 0. The van der Waals surface area contributed by atoms with E-state index in [-0.39, 0.29) is 18.5 Å². The molecule has 0 heterocycles. The molecule has 0 amide bonds. The highest BCUT2D eigenvalue weighted by molar-refractivity contribution is 9.11. The zero-order valence-corrected chi connectivity index (χ0v) is 13.5. The molecule has 0 aliphatic carbocycles. The number of carbonyl (C=O) groups excluding carboxylic acids is 1. The molecular formula is C15H19BrO4. The van der Waals surface area contributed by atoms with Crippen LogP contribution in [0.5, 0.6) is 11.5 Å². The van der Waals surface area contributed by atoms with Gasteiger partial charge in [-0.1, -0.05) is 22.0 Å². The van der Waals surface area contributed by atoms with Gasteiger partial charge in [-0.25, -0.2) is 0 Å². The Balaban J connectivity index is 2.94. The fourth-order valence-electron chi connectivity index (χ4n) is 1.63. The van der Waals surface area contributed by atoms with E-state index in [9.17, 15) is 4.79 Å². The summed E-state index contributed by atoms with van der Waals surface area (Å²) in [6.07, 6.45) is 1.91. The molecular weight excluding hydrogens is 324 g/mol. The van der Waals surface area contributed by atoms with Crippen molar-refractivity contribution in [2.75, 3.05) is 13.7 Å². The molecule has 0 saturated heterocycles. The molecule has 0 saturated carbocycles. The molecule has 20 heavy (non-hydrogen) atoms. The molecule has 1 atom stereocenters. The third-order valence-electron chi connectivity index (χ3n) is 2.57. The topological polar surface area (TPSA) is 44.8 Å². The first-order valence-electron chi connectivity index (χ1n) is 6.36. The van der Waals surface area contributed by atoms with Crippen molar-refractivity contribution in [2.24, 2.45) is 0 Å². The average molecular weight is 343 g/mol. The molecule has 110 valence electrons. The second-order valence-electron chi connectivity index (χ2n) is 4.10. The number of ether oxygens (including phenoxy) is 3. The van der Waals surface area contributed by atoms with Crippen LogP contribution in [-0.4, -0.2) is 25.8 Å². The Hall–Kier alpha value is -1.49.